The molecule has 1 amide bonds. The molecule has 1 aromatic carbocycles. The van der Waals surface area contributed by atoms with Gasteiger partial charge < -0.3 is 13.9 Å². The van der Waals surface area contributed by atoms with Crippen LogP contribution in [0.3, 0.4) is 0 Å². The minimum absolute atomic E-state index is 0.0201. The number of hydrazone groups is 1. The molecule has 5 rings (SSSR count). The predicted molar refractivity (Wildman–Crippen MR) is 127 cm³/mol. The molecule has 174 valence electrons. The fourth-order valence-corrected chi connectivity index (χ4v) is 4.80. The number of amides is 1. The lowest BCUT2D eigenvalue weighted by atomic mass is 10.1. The fraction of sp³-hybridized carbons (Fsp3) is 0.250. The number of para-hydroxylation sites is 1. The Kier molecular flexibility index (Phi) is 5.97. The zero-order valence-corrected chi connectivity index (χ0v) is 19.2. The highest BCUT2D eigenvalue weighted by atomic mass is 32.2. The summed E-state index contributed by atoms with van der Waals surface area (Å²) >= 11 is 1.09. The maximum absolute atomic E-state index is 13.3. The van der Waals surface area contributed by atoms with E-state index in [0.717, 1.165) is 28.8 Å². The monoisotopic (exact) mass is 478 g/mol. The third kappa shape index (κ3) is 4.24. The van der Waals surface area contributed by atoms with Crippen LogP contribution >= 0.6 is 11.8 Å². The van der Waals surface area contributed by atoms with E-state index in [9.17, 15) is 14.7 Å². The summed E-state index contributed by atoms with van der Waals surface area (Å²) in [5, 5.41) is 17.0. The molecule has 1 aliphatic heterocycles. The highest BCUT2D eigenvalue weighted by Crippen LogP contribution is 2.35. The average Bonchev–Trinajstić information content (AvgIpc) is 3.57. The summed E-state index contributed by atoms with van der Waals surface area (Å²) < 4.78 is 13.0. The summed E-state index contributed by atoms with van der Waals surface area (Å²) in [4.78, 5) is 29.6. The van der Waals surface area contributed by atoms with Crippen molar-refractivity contribution in [2.45, 2.75) is 37.5 Å². The van der Waals surface area contributed by atoms with Crippen LogP contribution in [0.5, 0.6) is 5.88 Å². The zero-order valence-electron chi connectivity index (χ0n) is 18.4. The Morgan fingerprint density at radius 1 is 1.24 bits per heavy atom. The second-order valence-electron chi connectivity index (χ2n) is 7.84. The van der Waals surface area contributed by atoms with Crippen LogP contribution in [-0.2, 0) is 11.3 Å². The molecule has 0 bridgehead atoms. The van der Waals surface area contributed by atoms with Crippen molar-refractivity contribution in [3.8, 4) is 5.88 Å². The van der Waals surface area contributed by atoms with Gasteiger partial charge in [0.15, 0.2) is 10.9 Å². The Morgan fingerprint density at radius 3 is 2.85 bits per heavy atom. The van der Waals surface area contributed by atoms with Crippen LogP contribution in [0.2, 0.25) is 0 Å². The van der Waals surface area contributed by atoms with Gasteiger partial charge in [0.1, 0.15) is 23.1 Å². The Labute approximate surface area is 198 Å². The van der Waals surface area contributed by atoms with Gasteiger partial charge in [0.25, 0.3) is 11.5 Å². The molecule has 1 unspecified atom stereocenters. The van der Waals surface area contributed by atoms with E-state index in [1.54, 1.807) is 12.3 Å². The lowest BCUT2D eigenvalue weighted by Gasteiger charge is -2.20. The van der Waals surface area contributed by atoms with Gasteiger partial charge in [-0.3, -0.25) is 14.2 Å². The van der Waals surface area contributed by atoms with E-state index in [-0.39, 0.29) is 28.3 Å². The van der Waals surface area contributed by atoms with Crippen molar-refractivity contribution in [3.63, 3.8) is 0 Å². The zero-order chi connectivity index (χ0) is 23.7. The lowest BCUT2D eigenvalue weighted by Crippen LogP contribution is -2.29. The summed E-state index contributed by atoms with van der Waals surface area (Å²) in [5.74, 6) is 0.553. The lowest BCUT2D eigenvalue weighted by molar-refractivity contribution is -0.130. The normalized spacial score (nSPS) is 15.7. The highest BCUT2D eigenvalue weighted by molar-refractivity contribution is 7.99. The first-order valence-corrected chi connectivity index (χ1v) is 11.9. The van der Waals surface area contributed by atoms with Gasteiger partial charge in [-0.2, -0.15) is 10.1 Å². The van der Waals surface area contributed by atoms with Gasteiger partial charge in [-0.1, -0.05) is 36.9 Å². The Bertz CT molecular complexity index is 1390. The smallest absolute Gasteiger partial charge is 0.257 e. The van der Waals surface area contributed by atoms with E-state index in [1.165, 1.54) is 9.58 Å². The fourth-order valence-electron chi connectivity index (χ4n) is 3.92. The predicted octanol–water partition coefficient (Wildman–Crippen LogP) is 4.17. The number of nitrogens with zero attached hydrogens (tertiary/aromatic N) is 4. The molecule has 0 saturated carbocycles. The number of rotatable bonds is 7. The van der Waals surface area contributed by atoms with Crippen molar-refractivity contribution < 1.29 is 18.7 Å². The number of carbonyl (C=O) groups excluding carboxylic acids is 1. The van der Waals surface area contributed by atoms with Gasteiger partial charge in [0.05, 0.1) is 18.1 Å². The van der Waals surface area contributed by atoms with E-state index in [4.69, 9.17) is 8.83 Å². The van der Waals surface area contributed by atoms with Crippen molar-refractivity contribution in [1.29, 1.82) is 0 Å². The molecule has 9 nitrogen and oxygen atoms in total. The van der Waals surface area contributed by atoms with Gasteiger partial charge in [-0.25, -0.2) is 5.01 Å². The van der Waals surface area contributed by atoms with Gasteiger partial charge in [0.2, 0.25) is 5.88 Å². The van der Waals surface area contributed by atoms with Gasteiger partial charge in [0, 0.05) is 18.4 Å². The van der Waals surface area contributed by atoms with Crippen molar-refractivity contribution in [1.82, 2.24) is 14.6 Å². The van der Waals surface area contributed by atoms with E-state index in [1.807, 2.05) is 43.3 Å². The first-order valence-electron chi connectivity index (χ1n) is 10.9. The van der Waals surface area contributed by atoms with Crippen LogP contribution < -0.4 is 5.56 Å². The van der Waals surface area contributed by atoms with E-state index < -0.39 is 6.04 Å². The molecule has 1 N–H and O–H groups in total. The molecule has 0 spiro atoms. The number of aromatic hydroxyl groups is 1. The molecule has 10 heteroatoms. The maximum Gasteiger partial charge on any atom is 0.257 e. The Morgan fingerprint density at radius 2 is 2.09 bits per heavy atom. The first kappa shape index (κ1) is 22.0. The largest absolute Gasteiger partial charge is 0.493 e. The molecule has 0 fully saturated rings. The number of thioether (sulfide) groups is 1. The van der Waals surface area contributed by atoms with Crippen molar-refractivity contribution >= 4 is 34.3 Å². The molecule has 0 radical (unpaired) electrons. The van der Waals surface area contributed by atoms with Crippen molar-refractivity contribution in [2.75, 3.05) is 5.75 Å². The number of furan rings is 2. The topological polar surface area (TPSA) is 114 Å². The number of benzene rings is 1. The van der Waals surface area contributed by atoms with Crippen LogP contribution in [-0.4, -0.2) is 37.0 Å². The number of hydrogen-bond donors (Lipinski definition) is 1. The number of fused-ring (bicyclic) bond motifs is 1. The van der Waals surface area contributed by atoms with Gasteiger partial charge >= 0.3 is 0 Å². The van der Waals surface area contributed by atoms with E-state index >= 15 is 0 Å². The quantitative estimate of drug-likeness (QED) is 0.313. The maximum atomic E-state index is 13.3. The molecule has 0 aliphatic carbocycles. The molecule has 4 aromatic rings. The third-order valence-electron chi connectivity index (χ3n) is 5.48. The molecule has 1 aliphatic rings. The Hall–Kier alpha value is -3.79. The van der Waals surface area contributed by atoms with Crippen LogP contribution in [0.1, 0.15) is 37.3 Å². The molecule has 3 aromatic heterocycles. The van der Waals surface area contributed by atoms with Crippen LogP contribution in [0.4, 0.5) is 0 Å². The summed E-state index contributed by atoms with van der Waals surface area (Å²) in [7, 11) is 0. The first-order chi connectivity index (χ1) is 16.5. The van der Waals surface area contributed by atoms with E-state index in [2.05, 4.69) is 10.1 Å². The number of aromatic nitrogens is 2. The molecule has 0 saturated heterocycles. The van der Waals surface area contributed by atoms with Crippen molar-refractivity contribution in [2.24, 2.45) is 5.10 Å². The standard InChI is InChI=1S/C24H22N4O5S/c1-2-9-27-22(30)13-21(29)25-24(27)34-14-23(31)28-17(19-8-5-10-32-19)12-16(26-28)20-11-15-6-3-4-7-18(15)33-20/h3-8,10-11,13,17,29H,2,9,12,14H2,1H3. The van der Waals surface area contributed by atoms with Gasteiger partial charge in [-0.15, -0.1) is 0 Å². The average molecular weight is 479 g/mol. The summed E-state index contributed by atoms with van der Waals surface area (Å²) in [6.07, 6.45) is 2.71. The summed E-state index contributed by atoms with van der Waals surface area (Å²) in [6, 6.07) is 13.8. The third-order valence-corrected chi connectivity index (χ3v) is 6.44. The van der Waals surface area contributed by atoms with Gasteiger partial charge in [-0.05, 0) is 30.7 Å². The summed E-state index contributed by atoms with van der Waals surface area (Å²) in [6.45, 7) is 2.38. The Balaban J connectivity index is 1.42. The van der Waals surface area contributed by atoms with Crippen LogP contribution in [0.15, 0.2) is 78.7 Å². The minimum atomic E-state index is -0.415. The molecule has 34 heavy (non-hydrogen) atoms. The second kappa shape index (κ2) is 9.22. The summed E-state index contributed by atoms with van der Waals surface area (Å²) in [5.41, 5.74) is 1.04. The van der Waals surface area contributed by atoms with E-state index in [0.29, 0.717) is 36.6 Å². The highest BCUT2D eigenvalue weighted by Gasteiger charge is 2.36. The van der Waals surface area contributed by atoms with Crippen LogP contribution in [0.25, 0.3) is 11.0 Å². The van der Waals surface area contributed by atoms with Crippen LogP contribution in [0, 0.1) is 0 Å². The molecule has 4 heterocycles. The molecule has 1 atom stereocenters. The van der Waals surface area contributed by atoms with Crippen molar-refractivity contribution in [3.05, 3.63) is 76.7 Å². The molecular formula is C24H22N4O5S. The SMILES string of the molecule is CCCn1c(SCC(=O)N2N=C(c3cc4ccccc4o3)CC2c2ccco2)nc(O)cc1=O. The number of carbonyl (C=O) groups is 1. The minimum Gasteiger partial charge on any atom is -0.493 e. The molecular weight excluding hydrogens is 456 g/mol. The second-order valence-corrected chi connectivity index (χ2v) is 8.79. The number of hydrogen-bond acceptors (Lipinski definition) is 8.